The van der Waals surface area contributed by atoms with Crippen LogP contribution in [0.3, 0.4) is 0 Å². The first-order valence-electron chi connectivity index (χ1n) is 7.83. The average molecular weight is 316 g/mol. The molecule has 5 heteroatoms. The van der Waals surface area contributed by atoms with Gasteiger partial charge in [-0.1, -0.05) is 50.3 Å². The maximum absolute atomic E-state index is 10.7. The van der Waals surface area contributed by atoms with Crippen molar-refractivity contribution in [2.24, 2.45) is 0 Å². The van der Waals surface area contributed by atoms with Gasteiger partial charge in [-0.15, -0.1) is 0 Å². The van der Waals surface area contributed by atoms with Crippen molar-refractivity contribution in [1.82, 2.24) is 0 Å². The van der Waals surface area contributed by atoms with Gasteiger partial charge in [-0.25, -0.2) is 0 Å². The van der Waals surface area contributed by atoms with E-state index in [1.807, 2.05) is 50.3 Å². The summed E-state index contributed by atoms with van der Waals surface area (Å²) >= 11 is 0. The number of para-hydroxylation sites is 1. The first-order valence-corrected chi connectivity index (χ1v) is 7.83. The highest BCUT2D eigenvalue weighted by Gasteiger charge is 2.12. The van der Waals surface area contributed by atoms with Crippen molar-refractivity contribution < 1.29 is 10.0 Å². The summed E-state index contributed by atoms with van der Waals surface area (Å²) in [7, 11) is 0. The number of hydrogen-bond acceptors (Lipinski definition) is 4. The zero-order valence-electron chi connectivity index (χ0n) is 13.6. The highest BCUT2D eigenvalue weighted by molar-refractivity contribution is 5.42. The number of nitro groups is 1. The molecule has 1 aromatic carbocycles. The van der Waals surface area contributed by atoms with Gasteiger partial charge in [0.15, 0.2) is 0 Å². The molecule has 0 bridgehead atoms. The number of aliphatic hydroxyl groups excluding tert-OH is 1. The number of nitrogens with zero attached hydrogens (tertiary/aromatic N) is 1. The minimum absolute atomic E-state index is 0.165. The van der Waals surface area contributed by atoms with Crippen molar-refractivity contribution in [3.8, 4) is 0 Å². The van der Waals surface area contributed by atoms with Crippen LogP contribution in [0.2, 0.25) is 0 Å². The monoisotopic (exact) mass is 316 g/mol. The van der Waals surface area contributed by atoms with Crippen LogP contribution >= 0.6 is 0 Å². The molecule has 0 heterocycles. The normalized spacial score (nSPS) is 14.6. The first-order chi connectivity index (χ1) is 11.1. The van der Waals surface area contributed by atoms with Gasteiger partial charge in [0, 0.05) is 18.3 Å². The van der Waals surface area contributed by atoms with Crippen LogP contribution in [0.4, 0.5) is 5.69 Å². The molecular weight excluding hydrogens is 292 g/mol. The number of allylic oxidation sites excluding steroid dienone is 4. The Bertz CT molecular complexity index is 577. The van der Waals surface area contributed by atoms with Gasteiger partial charge in [0.05, 0.1) is 17.4 Å². The summed E-state index contributed by atoms with van der Waals surface area (Å²) in [6.45, 7) is 4.44. The zero-order chi connectivity index (χ0) is 17.1. The van der Waals surface area contributed by atoms with Crippen LogP contribution in [0.1, 0.15) is 26.7 Å². The molecular formula is C18H24N2O3. The lowest BCUT2D eigenvalue weighted by Gasteiger charge is -2.13. The maximum Gasteiger partial charge on any atom is 0.249 e. The van der Waals surface area contributed by atoms with E-state index in [1.54, 1.807) is 12.2 Å². The van der Waals surface area contributed by atoms with E-state index < -0.39 is 6.10 Å². The second-order valence-electron chi connectivity index (χ2n) is 4.86. The van der Waals surface area contributed by atoms with Crippen LogP contribution in [0.25, 0.3) is 0 Å². The van der Waals surface area contributed by atoms with Crippen LogP contribution < -0.4 is 5.32 Å². The van der Waals surface area contributed by atoms with E-state index in [0.29, 0.717) is 13.0 Å². The number of rotatable bonds is 6. The number of benzene rings is 1. The van der Waals surface area contributed by atoms with E-state index in [2.05, 4.69) is 5.32 Å². The Morgan fingerprint density at radius 2 is 2.00 bits per heavy atom. The molecule has 0 radical (unpaired) electrons. The van der Waals surface area contributed by atoms with E-state index in [-0.39, 0.29) is 17.0 Å². The molecule has 5 nitrogen and oxygen atoms in total. The second kappa shape index (κ2) is 10.3. The largest absolute Gasteiger partial charge is 0.391 e. The van der Waals surface area contributed by atoms with Crippen LogP contribution in [-0.4, -0.2) is 22.7 Å². The van der Waals surface area contributed by atoms with Crippen molar-refractivity contribution in [3.63, 3.8) is 0 Å². The Hall–Kier alpha value is -2.40. The van der Waals surface area contributed by atoms with Crippen LogP contribution in [0.15, 0.2) is 65.9 Å². The lowest BCUT2D eigenvalue weighted by Crippen LogP contribution is -2.19. The molecule has 0 amide bonds. The Balaban J connectivity index is 0.00000127. The fraction of sp³-hybridized carbons (Fsp3) is 0.333. The van der Waals surface area contributed by atoms with E-state index in [4.69, 9.17) is 0 Å². The van der Waals surface area contributed by atoms with E-state index in [1.165, 1.54) is 6.08 Å². The average Bonchev–Trinajstić information content (AvgIpc) is 2.81. The number of nitrogens with one attached hydrogen (secondary N) is 1. The van der Waals surface area contributed by atoms with Gasteiger partial charge in [-0.2, -0.15) is 0 Å². The summed E-state index contributed by atoms with van der Waals surface area (Å²) in [5.74, 6) is 0. The van der Waals surface area contributed by atoms with Crippen molar-refractivity contribution in [1.29, 1.82) is 0 Å². The number of hydrogen-bond donors (Lipinski definition) is 2. The zero-order valence-corrected chi connectivity index (χ0v) is 13.6. The summed E-state index contributed by atoms with van der Waals surface area (Å²) in [5, 5.41) is 23.9. The van der Waals surface area contributed by atoms with Crippen LogP contribution in [0.5, 0.6) is 0 Å². The predicted octanol–water partition coefficient (Wildman–Crippen LogP) is 3.92. The Labute approximate surface area is 137 Å². The molecule has 1 aromatic rings. The van der Waals surface area contributed by atoms with Gasteiger partial charge in [-0.05, 0) is 24.1 Å². The Kier molecular flexibility index (Phi) is 8.39. The van der Waals surface area contributed by atoms with Gasteiger partial charge >= 0.3 is 0 Å². The van der Waals surface area contributed by atoms with Crippen molar-refractivity contribution in [2.75, 3.05) is 11.9 Å². The van der Waals surface area contributed by atoms with Crippen LogP contribution in [0, 0.1) is 10.1 Å². The highest BCUT2D eigenvalue weighted by atomic mass is 16.6. The van der Waals surface area contributed by atoms with E-state index in [9.17, 15) is 15.2 Å². The highest BCUT2D eigenvalue weighted by Crippen LogP contribution is 2.16. The third-order valence-electron chi connectivity index (χ3n) is 3.19. The van der Waals surface area contributed by atoms with E-state index >= 15 is 0 Å². The topological polar surface area (TPSA) is 75.4 Å². The molecule has 1 unspecified atom stereocenters. The van der Waals surface area contributed by atoms with Gasteiger partial charge in [0.25, 0.3) is 0 Å². The van der Waals surface area contributed by atoms with Gasteiger partial charge < -0.3 is 10.4 Å². The van der Waals surface area contributed by atoms with Gasteiger partial charge in [-0.3, -0.25) is 10.1 Å². The Morgan fingerprint density at radius 1 is 1.30 bits per heavy atom. The number of anilines is 1. The molecule has 0 spiro atoms. The lowest BCUT2D eigenvalue weighted by molar-refractivity contribution is -0.426. The van der Waals surface area contributed by atoms with E-state index in [0.717, 1.165) is 11.3 Å². The predicted molar refractivity (Wildman–Crippen MR) is 93.8 cm³/mol. The fourth-order valence-electron chi connectivity index (χ4n) is 2.08. The summed E-state index contributed by atoms with van der Waals surface area (Å²) in [5.41, 5.74) is 2.03. The smallest absolute Gasteiger partial charge is 0.249 e. The minimum atomic E-state index is -0.543. The molecule has 2 N–H and O–H groups in total. The third kappa shape index (κ3) is 6.93. The number of aliphatic hydroxyl groups is 1. The molecule has 0 saturated heterocycles. The summed E-state index contributed by atoms with van der Waals surface area (Å²) < 4.78 is 0. The quantitative estimate of drug-likeness (QED) is 0.616. The standard InChI is InChI=1S/C16H18N2O3.C2H6/c19-16(12-17-14-6-2-1-3-7-14)11-13-5-4-8-15(10-9-13)18(20)21;1-2/h1-9,16-17,19H,10-12H2;1-2H3. The SMILES string of the molecule is CC.O=[N+]([O-])C1=CC=CC(CC(O)CNc2ccccc2)=CC1. The molecule has 0 saturated carbocycles. The fourth-order valence-corrected chi connectivity index (χ4v) is 2.08. The van der Waals surface area contributed by atoms with Crippen molar-refractivity contribution >= 4 is 5.69 Å². The van der Waals surface area contributed by atoms with Crippen molar-refractivity contribution in [3.05, 3.63) is 76.0 Å². The van der Waals surface area contributed by atoms with Gasteiger partial charge in [0.2, 0.25) is 5.70 Å². The third-order valence-corrected chi connectivity index (χ3v) is 3.19. The molecule has 0 fully saturated rings. The summed E-state index contributed by atoms with van der Waals surface area (Å²) in [6.07, 6.45) is 6.97. The molecule has 2 rings (SSSR count). The maximum atomic E-state index is 10.7. The second-order valence-corrected chi connectivity index (χ2v) is 4.86. The molecule has 1 aliphatic rings. The molecule has 124 valence electrons. The molecule has 23 heavy (non-hydrogen) atoms. The molecule has 0 aliphatic heterocycles. The van der Waals surface area contributed by atoms with Gasteiger partial charge in [0.1, 0.15) is 0 Å². The first kappa shape index (κ1) is 18.6. The minimum Gasteiger partial charge on any atom is -0.391 e. The van der Waals surface area contributed by atoms with Crippen molar-refractivity contribution in [2.45, 2.75) is 32.8 Å². The molecule has 0 aromatic heterocycles. The Morgan fingerprint density at radius 3 is 2.65 bits per heavy atom. The van der Waals surface area contributed by atoms with Crippen LogP contribution in [-0.2, 0) is 0 Å². The molecule has 1 aliphatic carbocycles. The molecule has 1 atom stereocenters. The summed E-state index contributed by atoms with van der Waals surface area (Å²) in [4.78, 5) is 10.3. The summed E-state index contributed by atoms with van der Waals surface area (Å²) in [6, 6.07) is 9.66. The lowest BCUT2D eigenvalue weighted by atomic mass is 10.1.